The van der Waals surface area contributed by atoms with Crippen LogP contribution in [0.15, 0.2) is 65.4 Å². The molecule has 0 aliphatic rings. The van der Waals surface area contributed by atoms with Gasteiger partial charge in [0.05, 0.1) is 31.1 Å². The molecule has 2 amide bonds. The van der Waals surface area contributed by atoms with Gasteiger partial charge in [0.15, 0.2) is 0 Å². The van der Waals surface area contributed by atoms with E-state index in [0.29, 0.717) is 12.1 Å². The van der Waals surface area contributed by atoms with Gasteiger partial charge in [0.1, 0.15) is 5.75 Å². The highest BCUT2D eigenvalue weighted by molar-refractivity contribution is 9.10. The van der Waals surface area contributed by atoms with Gasteiger partial charge in [-0.25, -0.2) is 4.68 Å². The summed E-state index contributed by atoms with van der Waals surface area (Å²) in [4.78, 5) is 24.2. The Labute approximate surface area is 170 Å². The Kier molecular flexibility index (Phi) is 6.44. The van der Waals surface area contributed by atoms with Gasteiger partial charge in [0.25, 0.3) is 5.91 Å². The number of hydrogen-bond donors (Lipinski definition) is 2. The van der Waals surface area contributed by atoms with Crippen LogP contribution in [0.1, 0.15) is 15.9 Å². The fourth-order valence-corrected chi connectivity index (χ4v) is 2.71. The molecule has 0 saturated carbocycles. The van der Waals surface area contributed by atoms with E-state index < -0.39 is 0 Å². The second-order valence-corrected chi connectivity index (χ2v) is 6.87. The molecule has 0 unspecified atom stereocenters. The van der Waals surface area contributed by atoms with Gasteiger partial charge in [-0.15, -0.1) is 0 Å². The first-order chi connectivity index (χ1) is 13.5. The maximum atomic E-state index is 12.2. The van der Waals surface area contributed by atoms with Gasteiger partial charge in [-0.2, -0.15) is 5.10 Å². The second kappa shape index (κ2) is 9.18. The number of rotatable bonds is 7. The predicted octanol–water partition coefficient (Wildman–Crippen LogP) is 2.69. The molecule has 144 valence electrons. The molecule has 8 heteroatoms. The van der Waals surface area contributed by atoms with Crippen molar-refractivity contribution in [1.82, 2.24) is 20.4 Å². The maximum absolute atomic E-state index is 12.2. The SMILES string of the molecule is COc1ccc(CNC(=O)CNC(=O)c2cnn(-c3ccc(Br)cc3)c2)cc1. The fourth-order valence-electron chi connectivity index (χ4n) is 2.44. The van der Waals surface area contributed by atoms with Gasteiger partial charge >= 0.3 is 0 Å². The van der Waals surface area contributed by atoms with Crippen molar-refractivity contribution in [2.45, 2.75) is 6.54 Å². The molecular weight excluding hydrogens is 424 g/mol. The van der Waals surface area contributed by atoms with Crippen molar-refractivity contribution < 1.29 is 14.3 Å². The van der Waals surface area contributed by atoms with Crippen LogP contribution in [0.25, 0.3) is 5.69 Å². The molecule has 0 atom stereocenters. The van der Waals surface area contributed by atoms with Gasteiger partial charge < -0.3 is 15.4 Å². The lowest BCUT2D eigenvalue weighted by molar-refractivity contribution is -0.120. The largest absolute Gasteiger partial charge is 0.497 e. The molecule has 0 saturated heterocycles. The van der Waals surface area contributed by atoms with Crippen LogP contribution in [-0.2, 0) is 11.3 Å². The number of nitrogens with one attached hydrogen (secondary N) is 2. The van der Waals surface area contributed by atoms with Gasteiger partial charge in [-0.1, -0.05) is 28.1 Å². The van der Waals surface area contributed by atoms with Gasteiger partial charge in [-0.05, 0) is 42.0 Å². The Morgan fingerprint density at radius 2 is 1.79 bits per heavy atom. The zero-order valence-corrected chi connectivity index (χ0v) is 16.8. The van der Waals surface area contributed by atoms with Crippen molar-refractivity contribution in [1.29, 1.82) is 0 Å². The topological polar surface area (TPSA) is 85.2 Å². The number of carbonyl (C=O) groups excluding carboxylic acids is 2. The Hall–Kier alpha value is -3.13. The summed E-state index contributed by atoms with van der Waals surface area (Å²) in [6.45, 7) is 0.263. The van der Waals surface area contributed by atoms with E-state index in [4.69, 9.17) is 4.74 Å². The van der Waals surface area contributed by atoms with E-state index in [2.05, 4.69) is 31.7 Å². The van der Waals surface area contributed by atoms with E-state index >= 15 is 0 Å². The standard InChI is InChI=1S/C20H19BrN4O3/c1-28-18-8-2-14(3-9-18)10-22-19(26)12-23-20(27)15-11-24-25(13-15)17-6-4-16(21)5-7-17/h2-9,11,13H,10,12H2,1H3,(H,22,26)(H,23,27). The van der Waals surface area contributed by atoms with E-state index in [1.54, 1.807) is 18.0 Å². The molecule has 0 aliphatic carbocycles. The number of benzene rings is 2. The van der Waals surface area contributed by atoms with Gasteiger partial charge in [0.2, 0.25) is 5.91 Å². The van der Waals surface area contributed by atoms with Crippen molar-refractivity contribution in [3.63, 3.8) is 0 Å². The summed E-state index contributed by atoms with van der Waals surface area (Å²) in [7, 11) is 1.60. The normalized spacial score (nSPS) is 10.4. The molecule has 1 heterocycles. The van der Waals surface area contributed by atoms with Crippen LogP contribution in [0.2, 0.25) is 0 Å². The van der Waals surface area contributed by atoms with Crippen molar-refractivity contribution in [3.8, 4) is 11.4 Å². The summed E-state index contributed by atoms with van der Waals surface area (Å²) < 4.78 is 7.66. The number of aromatic nitrogens is 2. The average molecular weight is 443 g/mol. The molecule has 0 bridgehead atoms. The summed E-state index contributed by atoms with van der Waals surface area (Å²) in [6, 6.07) is 14.9. The quantitative estimate of drug-likeness (QED) is 0.588. The van der Waals surface area contributed by atoms with Gasteiger partial charge in [-0.3, -0.25) is 9.59 Å². The first-order valence-electron chi connectivity index (χ1n) is 8.53. The average Bonchev–Trinajstić information content (AvgIpc) is 3.21. The number of amides is 2. The highest BCUT2D eigenvalue weighted by Crippen LogP contribution is 2.14. The molecule has 0 aliphatic heterocycles. The Balaban J connectivity index is 1.48. The summed E-state index contributed by atoms with van der Waals surface area (Å²) in [5.41, 5.74) is 2.15. The first-order valence-corrected chi connectivity index (χ1v) is 9.33. The molecule has 2 aromatic carbocycles. The Morgan fingerprint density at radius 3 is 2.46 bits per heavy atom. The lowest BCUT2D eigenvalue weighted by atomic mass is 10.2. The van der Waals surface area contributed by atoms with Gasteiger partial charge in [0, 0.05) is 17.2 Å². The zero-order chi connectivity index (χ0) is 19.9. The number of ether oxygens (including phenoxy) is 1. The van der Waals surface area contributed by atoms with Crippen LogP contribution in [-0.4, -0.2) is 35.2 Å². The molecule has 2 N–H and O–H groups in total. The number of nitrogens with zero attached hydrogens (tertiary/aromatic N) is 2. The smallest absolute Gasteiger partial charge is 0.254 e. The second-order valence-electron chi connectivity index (χ2n) is 5.96. The van der Waals surface area contributed by atoms with Crippen molar-refractivity contribution in [3.05, 3.63) is 76.5 Å². The van der Waals surface area contributed by atoms with E-state index in [1.165, 1.54) is 6.20 Å². The molecule has 3 rings (SSSR count). The minimum Gasteiger partial charge on any atom is -0.497 e. The van der Waals surface area contributed by atoms with E-state index in [-0.39, 0.29) is 18.4 Å². The maximum Gasteiger partial charge on any atom is 0.254 e. The Morgan fingerprint density at radius 1 is 1.07 bits per heavy atom. The first kappa shape index (κ1) is 19.6. The van der Waals surface area contributed by atoms with Crippen LogP contribution in [0.5, 0.6) is 5.75 Å². The van der Waals surface area contributed by atoms with E-state index in [9.17, 15) is 9.59 Å². The summed E-state index contributed by atoms with van der Waals surface area (Å²) in [5.74, 6) is 0.124. The highest BCUT2D eigenvalue weighted by Gasteiger charge is 2.11. The van der Waals surface area contributed by atoms with Crippen LogP contribution < -0.4 is 15.4 Å². The highest BCUT2D eigenvalue weighted by atomic mass is 79.9. The van der Waals surface area contributed by atoms with Crippen LogP contribution in [0.3, 0.4) is 0 Å². The third-order valence-electron chi connectivity index (χ3n) is 3.99. The minimum atomic E-state index is -0.358. The fraction of sp³-hybridized carbons (Fsp3) is 0.150. The molecule has 1 aromatic heterocycles. The van der Waals surface area contributed by atoms with E-state index in [1.807, 2.05) is 48.5 Å². The number of hydrogen-bond acceptors (Lipinski definition) is 4. The molecule has 0 fully saturated rings. The lowest BCUT2D eigenvalue weighted by Crippen LogP contribution is -2.36. The molecule has 0 radical (unpaired) electrons. The van der Waals surface area contributed by atoms with Crippen molar-refractivity contribution in [2.24, 2.45) is 0 Å². The lowest BCUT2D eigenvalue weighted by Gasteiger charge is -2.07. The zero-order valence-electron chi connectivity index (χ0n) is 15.2. The Bertz CT molecular complexity index is 952. The molecule has 28 heavy (non-hydrogen) atoms. The number of carbonyl (C=O) groups is 2. The molecule has 7 nitrogen and oxygen atoms in total. The predicted molar refractivity (Wildman–Crippen MR) is 108 cm³/mol. The number of methoxy groups -OCH3 is 1. The third-order valence-corrected chi connectivity index (χ3v) is 4.52. The summed E-state index contributed by atoms with van der Waals surface area (Å²) >= 11 is 3.38. The van der Waals surface area contributed by atoms with Crippen molar-refractivity contribution in [2.75, 3.05) is 13.7 Å². The van der Waals surface area contributed by atoms with E-state index in [0.717, 1.165) is 21.5 Å². The number of halogens is 1. The monoisotopic (exact) mass is 442 g/mol. The van der Waals surface area contributed by atoms with Crippen molar-refractivity contribution >= 4 is 27.7 Å². The molecule has 0 spiro atoms. The molecular formula is C20H19BrN4O3. The van der Waals surface area contributed by atoms with Crippen LogP contribution in [0, 0.1) is 0 Å². The molecule has 3 aromatic rings. The minimum absolute atomic E-state index is 0.113. The van der Waals surface area contributed by atoms with Crippen LogP contribution >= 0.6 is 15.9 Å². The summed E-state index contributed by atoms with van der Waals surface area (Å²) in [6.07, 6.45) is 3.08. The summed E-state index contributed by atoms with van der Waals surface area (Å²) in [5, 5.41) is 9.54. The third kappa shape index (κ3) is 5.20. The van der Waals surface area contributed by atoms with Crippen LogP contribution in [0.4, 0.5) is 0 Å².